The van der Waals surface area contributed by atoms with Crippen molar-refractivity contribution in [3.8, 4) is 0 Å². The van der Waals surface area contributed by atoms with Gasteiger partial charge in [0, 0.05) is 18.1 Å². The third kappa shape index (κ3) is 2.03. The fourth-order valence-corrected chi connectivity index (χ4v) is 3.62. The van der Waals surface area contributed by atoms with Gasteiger partial charge in [0.25, 0.3) is 0 Å². The molecule has 0 aliphatic heterocycles. The normalized spacial score (nSPS) is 27.7. The smallest absolute Gasteiger partial charge is 0.164 e. The summed E-state index contributed by atoms with van der Waals surface area (Å²) in [6.45, 7) is 2.79. The zero-order valence-corrected chi connectivity index (χ0v) is 11.8. The van der Waals surface area contributed by atoms with Crippen molar-refractivity contribution in [1.29, 1.82) is 0 Å². The highest BCUT2D eigenvalue weighted by atomic mass is 35.5. The van der Waals surface area contributed by atoms with E-state index in [1.165, 1.54) is 19.3 Å². The molecule has 2 unspecified atom stereocenters. The molecule has 0 aromatic heterocycles. The maximum Gasteiger partial charge on any atom is 0.164 e. The summed E-state index contributed by atoms with van der Waals surface area (Å²) in [6.07, 6.45) is 4.90. The molecule has 4 heteroatoms. The van der Waals surface area contributed by atoms with Gasteiger partial charge in [-0.05, 0) is 38.3 Å². The SMILES string of the molecule is CCOC1CC(Nc2cccc(Cl)c2F)C12CCC2. The third-order valence-corrected chi connectivity index (χ3v) is 5.01. The Kier molecular flexibility index (Phi) is 3.44. The van der Waals surface area contributed by atoms with Crippen LogP contribution in [0.15, 0.2) is 18.2 Å². The highest BCUT2D eigenvalue weighted by molar-refractivity contribution is 6.31. The second kappa shape index (κ2) is 4.95. The monoisotopic (exact) mass is 283 g/mol. The molecule has 2 atom stereocenters. The molecule has 1 aromatic carbocycles. The summed E-state index contributed by atoms with van der Waals surface area (Å²) in [5.41, 5.74) is 0.740. The van der Waals surface area contributed by atoms with E-state index in [1.807, 2.05) is 6.92 Å². The molecule has 19 heavy (non-hydrogen) atoms. The first-order valence-electron chi connectivity index (χ1n) is 6.99. The number of nitrogens with one attached hydrogen (secondary N) is 1. The van der Waals surface area contributed by atoms with Crippen molar-refractivity contribution in [2.24, 2.45) is 5.41 Å². The van der Waals surface area contributed by atoms with Crippen LogP contribution < -0.4 is 5.32 Å². The quantitative estimate of drug-likeness (QED) is 0.892. The van der Waals surface area contributed by atoms with Crippen molar-refractivity contribution < 1.29 is 9.13 Å². The largest absolute Gasteiger partial charge is 0.379 e. The van der Waals surface area contributed by atoms with Gasteiger partial charge in [0.05, 0.1) is 16.8 Å². The zero-order chi connectivity index (χ0) is 13.5. The van der Waals surface area contributed by atoms with Gasteiger partial charge in [-0.25, -0.2) is 4.39 Å². The molecule has 2 fully saturated rings. The lowest BCUT2D eigenvalue weighted by Gasteiger charge is -2.61. The second-order valence-corrected chi connectivity index (χ2v) is 5.97. The van der Waals surface area contributed by atoms with Gasteiger partial charge < -0.3 is 10.1 Å². The Bertz CT molecular complexity index is 475. The summed E-state index contributed by atoms with van der Waals surface area (Å²) in [5, 5.41) is 3.50. The van der Waals surface area contributed by atoms with E-state index in [-0.39, 0.29) is 16.3 Å². The number of anilines is 1. The van der Waals surface area contributed by atoms with Crippen molar-refractivity contribution in [3.63, 3.8) is 0 Å². The lowest BCUT2D eigenvalue weighted by atomic mass is 9.51. The molecule has 3 rings (SSSR count). The Labute approximate surface area is 118 Å². The third-order valence-electron chi connectivity index (χ3n) is 4.72. The minimum Gasteiger partial charge on any atom is -0.379 e. The van der Waals surface area contributed by atoms with Gasteiger partial charge in [-0.1, -0.05) is 24.1 Å². The van der Waals surface area contributed by atoms with Crippen LogP contribution in [0, 0.1) is 11.2 Å². The molecule has 0 radical (unpaired) electrons. The van der Waals surface area contributed by atoms with Gasteiger partial charge in [-0.15, -0.1) is 0 Å². The summed E-state index contributed by atoms with van der Waals surface area (Å²) in [6, 6.07) is 5.41. The molecule has 0 heterocycles. The Hall–Kier alpha value is -0.800. The van der Waals surface area contributed by atoms with Gasteiger partial charge in [-0.2, -0.15) is 0 Å². The molecule has 0 amide bonds. The molecule has 2 aliphatic carbocycles. The summed E-state index contributed by atoms with van der Waals surface area (Å²) < 4.78 is 19.7. The fourth-order valence-electron chi connectivity index (χ4n) is 3.44. The number of hydrogen-bond acceptors (Lipinski definition) is 2. The van der Waals surface area contributed by atoms with E-state index in [2.05, 4.69) is 5.32 Å². The average Bonchev–Trinajstić information content (AvgIpc) is 2.31. The Morgan fingerprint density at radius 2 is 2.26 bits per heavy atom. The fraction of sp³-hybridized carbons (Fsp3) is 0.600. The first kappa shape index (κ1) is 13.2. The van der Waals surface area contributed by atoms with Gasteiger partial charge in [-0.3, -0.25) is 0 Å². The molecular formula is C15H19ClFNO. The van der Waals surface area contributed by atoms with Gasteiger partial charge in [0.15, 0.2) is 5.82 Å². The highest BCUT2D eigenvalue weighted by Crippen LogP contribution is 2.58. The van der Waals surface area contributed by atoms with Crippen molar-refractivity contribution >= 4 is 17.3 Å². The summed E-state index contributed by atoms with van der Waals surface area (Å²) >= 11 is 5.82. The van der Waals surface area contributed by atoms with E-state index in [4.69, 9.17) is 16.3 Å². The standard InChI is InChI=1S/C15H19ClFNO/c1-2-19-13-9-12(15(13)7-4-8-15)18-11-6-3-5-10(16)14(11)17/h3,5-6,12-13,18H,2,4,7-9H2,1H3. The first-order valence-corrected chi connectivity index (χ1v) is 7.37. The minimum absolute atomic E-state index is 0.174. The van der Waals surface area contributed by atoms with E-state index in [0.29, 0.717) is 17.8 Å². The van der Waals surface area contributed by atoms with Crippen LogP contribution in [0.4, 0.5) is 10.1 Å². The molecule has 2 nitrogen and oxygen atoms in total. The molecule has 2 saturated carbocycles. The molecular weight excluding hydrogens is 265 g/mol. The van der Waals surface area contributed by atoms with Crippen LogP contribution in [0.25, 0.3) is 0 Å². The Morgan fingerprint density at radius 3 is 2.89 bits per heavy atom. The first-order chi connectivity index (χ1) is 9.17. The predicted molar refractivity (Wildman–Crippen MR) is 75.1 cm³/mol. The number of ether oxygens (including phenoxy) is 1. The molecule has 1 spiro atoms. The van der Waals surface area contributed by atoms with Gasteiger partial charge in [0.2, 0.25) is 0 Å². The molecule has 0 saturated heterocycles. The van der Waals surface area contributed by atoms with Gasteiger partial charge in [0.1, 0.15) is 0 Å². The van der Waals surface area contributed by atoms with Crippen LogP contribution in [0.2, 0.25) is 5.02 Å². The topological polar surface area (TPSA) is 21.3 Å². The van der Waals surface area contributed by atoms with Crippen LogP contribution in [0.1, 0.15) is 32.6 Å². The molecule has 0 bridgehead atoms. The van der Waals surface area contributed by atoms with Crippen molar-refractivity contribution in [3.05, 3.63) is 29.0 Å². The maximum absolute atomic E-state index is 13.9. The highest BCUT2D eigenvalue weighted by Gasteiger charge is 2.59. The number of rotatable bonds is 4. The van der Waals surface area contributed by atoms with Crippen molar-refractivity contribution in [2.45, 2.75) is 44.8 Å². The average molecular weight is 284 g/mol. The van der Waals surface area contributed by atoms with Crippen molar-refractivity contribution in [1.82, 2.24) is 0 Å². The Morgan fingerprint density at radius 1 is 1.47 bits per heavy atom. The minimum atomic E-state index is -0.349. The molecule has 2 aliphatic rings. The van der Waals surface area contributed by atoms with E-state index < -0.39 is 0 Å². The van der Waals surface area contributed by atoms with Crippen LogP contribution in [0.5, 0.6) is 0 Å². The molecule has 1 N–H and O–H groups in total. The lowest BCUT2D eigenvalue weighted by molar-refractivity contribution is -0.157. The summed E-state index contributed by atoms with van der Waals surface area (Å²) in [7, 11) is 0. The van der Waals surface area contributed by atoms with Crippen LogP contribution in [0.3, 0.4) is 0 Å². The van der Waals surface area contributed by atoms with E-state index in [0.717, 1.165) is 13.0 Å². The summed E-state index contributed by atoms with van der Waals surface area (Å²) in [4.78, 5) is 0. The van der Waals surface area contributed by atoms with E-state index >= 15 is 0 Å². The van der Waals surface area contributed by atoms with E-state index in [9.17, 15) is 4.39 Å². The van der Waals surface area contributed by atoms with Crippen LogP contribution in [-0.2, 0) is 4.74 Å². The number of hydrogen-bond donors (Lipinski definition) is 1. The second-order valence-electron chi connectivity index (χ2n) is 5.56. The number of benzene rings is 1. The van der Waals surface area contributed by atoms with E-state index in [1.54, 1.807) is 18.2 Å². The Balaban J connectivity index is 1.73. The van der Waals surface area contributed by atoms with Crippen LogP contribution in [-0.4, -0.2) is 18.8 Å². The lowest BCUT2D eigenvalue weighted by Crippen LogP contribution is -2.64. The maximum atomic E-state index is 13.9. The predicted octanol–water partition coefficient (Wildman–Crippen LogP) is 4.24. The number of halogens is 2. The van der Waals surface area contributed by atoms with Crippen LogP contribution >= 0.6 is 11.6 Å². The zero-order valence-electron chi connectivity index (χ0n) is 11.1. The van der Waals surface area contributed by atoms with Gasteiger partial charge >= 0.3 is 0 Å². The molecule has 1 aromatic rings. The molecule has 104 valence electrons. The van der Waals surface area contributed by atoms with Crippen molar-refractivity contribution in [2.75, 3.05) is 11.9 Å². The summed E-state index contributed by atoms with van der Waals surface area (Å²) in [5.74, 6) is -0.349.